The third kappa shape index (κ3) is 2.12. The van der Waals surface area contributed by atoms with Gasteiger partial charge in [0, 0.05) is 41.3 Å². The van der Waals surface area contributed by atoms with Crippen LogP contribution in [0.1, 0.15) is 24.3 Å². The van der Waals surface area contributed by atoms with Gasteiger partial charge in [-0.3, -0.25) is 9.97 Å². The molecule has 0 N–H and O–H groups in total. The van der Waals surface area contributed by atoms with Crippen molar-refractivity contribution in [1.29, 1.82) is 0 Å². The number of rotatable bonds is 3. The van der Waals surface area contributed by atoms with Gasteiger partial charge < -0.3 is 0 Å². The minimum Gasteiger partial charge on any atom is -0.265 e. The van der Waals surface area contributed by atoms with E-state index in [4.69, 9.17) is 4.98 Å². The summed E-state index contributed by atoms with van der Waals surface area (Å²) in [4.78, 5) is 13.1. The van der Waals surface area contributed by atoms with Crippen LogP contribution in [0.4, 0.5) is 0 Å². The van der Waals surface area contributed by atoms with E-state index in [1.165, 1.54) is 24.0 Å². The lowest BCUT2D eigenvalue weighted by Crippen LogP contribution is -1.88. The number of hydrogen-bond acceptors (Lipinski definition) is 4. The summed E-state index contributed by atoms with van der Waals surface area (Å²) < 4.78 is 0. The SMILES string of the molecule is c1cc(-c2csc(-c3cnccc3C3CC3)n2)ccn1. The summed E-state index contributed by atoms with van der Waals surface area (Å²) in [6, 6.07) is 6.12. The fourth-order valence-corrected chi connectivity index (χ4v) is 3.25. The highest BCUT2D eigenvalue weighted by molar-refractivity contribution is 7.13. The summed E-state index contributed by atoms with van der Waals surface area (Å²) in [6.07, 6.45) is 10.0. The second-order valence-electron chi connectivity index (χ2n) is 5.01. The Bertz CT molecular complexity index is 732. The first-order valence-electron chi connectivity index (χ1n) is 6.72. The van der Waals surface area contributed by atoms with Crippen LogP contribution in [0, 0.1) is 0 Å². The van der Waals surface area contributed by atoms with Crippen molar-refractivity contribution in [3.8, 4) is 21.8 Å². The van der Waals surface area contributed by atoms with Crippen LogP contribution in [0.15, 0.2) is 48.4 Å². The highest BCUT2D eigenvalue weighted by atomic mass is 32.1. The van der Waals surface area contributed by atoms with E-state index in [2.05, 4.69) is 21.4 Å². The Morgan fingerprint density at radius 2 is 1.80 bits per heavy atom. The van der Waals surface area contributed by atoms with Crippen LogP contribution in [-0.2, 0) is 0 Å². The number of pyridine rings is 2. The predicted octanol–water partition coefficient (Wildman–Crippen LogP) is 4.14. The zero-order chi connectivity index (χ0) is 13.4. The lowest BCUT2D eigenvalue weighted by Gasteiger charge is -2.04. The van der Waals surface area contributed by atoms with E-state index >= 15 is 0 Å². The van der Waals surface area contributed by atoms with Crippen molar-refractivity contribution >= 4 is 11.3 Å². The first kappa shape index (κ1) is 11.7. The molecular formula is C16H13N3S. The summed E-state index contributed by atoms with van der Waals surface area (Å²) in [5.74, 6) is 0.710. The molecule has 20 heavy (non-hydrogen) atoms. The van der Waals surface area contributed by atoms with Gasteiger partial charge in [-0.05, 0) is 42.5 Å². The summed E-state index contributed by atoms with van der Waals surface area (Å²) in [7, 11) is 0. The van der Waals surface area contributed by atoms with Gasteiger partial charge in [0.2, 0.25) is 0 Å². The van der Waals surface area contributed by atoms with Crippen LogP contribution in [-0.4, -0.2) is 15.0 Å². The van der Waals surface area contributed by atoms with Gasteiger partial charge in [-0.2, -0.15) is 0 Å². The molecule has 0 saturated heterocycles. The molecule has 0 atom stereocenters. The number of nitrogens with zero attached hydrogens (tertiary/aromatic N) is 3. The molecule has 1 saturated carbocycles. The molecule has 3 heterocycles. The van der Waals surface area contributed by atoms with E-state index < -0.39 is 0 Å². The first-order valence-corrected chi connectivity index (χ1v) is 7.60. The Labute approximate surface area is 121 Å². The Morgan fingerprint density at radius 3 is 2.60 bits per heavy atom. The lowest BCUT2D eigenvalue weighted by molar-refractivity contribution is 1.11. The van der Waals surface area contributed by atoms with Crippen molar-refractivity contribution in [2.75, 3.05) is 0 Å². The highest BCUT2D eigenvalue weighted by Crippen LogP contribution is 2.44. The van der Waals surface area contributed by atoms with E-state index in [0.29, 0.717) is 5.92 Å². The second kappa shape index (κ2) is 4.80. The van der Waals surface area contributed by atoms with Crippen molar-refractivity contribution in [3.05, 3.63) is 53.9 Å². The Hall–Kier alpha value is -2.07. The van der Waals surface area contributed by atoms with Gasteiger partial charge in [0.05, 0.1) is 5.69 Å². The van der Waals surface area contributed by atoms with Crippen molar-refractivity contribution in [3.63, 3.8) is 0 Å². The standard InChI is InChI=1S/C16H13N3S/c1-2-11(1)13-5-8-18-9-14(13)16-19-15(10-20-16)12-3-6-17-7-4-12/h3-11H,1-2H2. The van der Waals surface area contributed by atoms with Gasteiger partial charge in [-0.15, -0.1) is 11.3 Å². The molecule has 3 aromatic heterocycles. The van der Waals surface area contributed by atoms with E-state index in [-0.39, 0.29) is 0 Å². The van der Waals surface area contributed by atoms with Crippen LogP contribution >= 0.6 is 11.3 Å². The normalized spacial score (nSPS) is 14.4. The van der Waals surface area contributed by atoms with Crippen LogP contribution in [0.25, 0.3) is 21.8 Å². The average molecular weight is 279 g/mol. The minimum absolute atomic E-state index is 0.710. The number of hydrogen-bond donors (Lipinski definition) is 0. The zero-order valence-electron chi connectivity index (χ0n) is 10.9. The summed E-state index contributed by atoms with van der Waals surface area (Å²) in [6.45, 7) is 0. The highest BCUT2D eigenvalue weighted by Gasteiger charge is 2.27. The third-order valence-electron chi connectivity index (χ3n) is 3.58. The zero-order valence-corrected chi connectivity index (χ0v) is 11.7. The summed E-state index contributed by atoms with van der Waals surface area (Å²) >= 11 is 1.69. The Morgan fingerprint density at radius 1 is 1.00 bits per heavy atom. The van der Waals surface area contributed by atoms with E-state index in [9.17, 15) is 0 Å². The second-order valence-corrected chi connectivity index (χ2v) is 5.87. The Kier molecular flexibility index (Phi) is 2.81. The third-order valence-corrected chi connectivity index (χ3v) is 4.46. The van der Waals surface area contributed by atoms with Crippen LogP contribution in [0.3, 0.4) is 0 Å². The van der Waals surface area contributed by atoms with Gasteiger partial charge in [0.25, 0.3) is 0 Å². The number of thiazole rings is 1. The monoisotopic (exact) mass is 279 g/mol. The van der Waals surface area contributed by atoms with Crippen molar-refractivity contribution in [2.24, 2.45) is 0 Å². The Balaban J connectivity index is 1.75. The van der Waals surface area contributed by atoms with Crippen LogP contribution in [0.2, 0.25) is 0 Å². The van der Waals surface area contributed by atoms with Crippen molar-refractivity contribution < 1.29 is 0 Å². The van der Waals surface area contributed by atoms with Gasteiger partial charge in [-0.1, -0.05) is 0 Å². The van der Waals surface area contributed by atoms with Gasteiger partial charge in [0.15, 0.2) is 0 Å². The molecule has 3 aromatic rings. The molecule has 0 amide bonds. The molecule has 0 bridgehead atoms. The van der Waals surface area contributed by atoms with Crippen molar-refractivity contribution in [1.82, 2.24) is 15.0 Å². The topological polar surface area (TPSA) is 38.7 Å². The maximum atomic E-state index is 4.77. The largest absolute Gasteiger partial charge is 0.265 e. The van der Waals surface area contributed by atoms with Gasteiger partial charge in [-0.25, -0.2) is 4.98 Å². The van der Waals surface area contributed by atoms with E-state index in [1.807, 2.05) is 24.5 Å². The fraction of sp³-hybridized carbons (Fsp3) is 0.188. The maximum absolute atomic E-state index is 4.77. The molecule has 3 nitrogen and oxygen atoms in total. The van der Waals surface area contributed by atoms with Crippen LogP contribution in [0.5, 0.6) is 0 Å². The molecule has 0 aliphatic heterocycles. The van der Waals surface area contributed by atoms with Gasteiger partial charge in [0.1, 0.15) is 5.01 Å². The first-order chi connectivity index (χ1) is 9.92. The summed E-state index contributed by atoms with van der Waals surface area (Å²) in [5, 5.41) is 3.17. The molecule has 4 rings (SSSR count). The van der Waals surface area contributed by atoms with Crippen LogP contribution < -0.4 is 0 Å². The minimum atomic E-state index is 0.710. The molecule has 4 heteroatoms. The number of aromatic nitrogens is 3. The molecule has 0 spiro atoms. The fourth-order valence-electron chi connectivity index (χ4n) is 2.39. The average Bonchev–Trinajstić information content (AvgIpc) is 3.25. The van der Waals surface area contributed by atoms with E-state index in [0.717, 1.165) is 16.3 Å². The summed E-state index contributed by atoms with van der Waals surface area (Å²) in [5.41, 5.74) is 4.72. The molecule has 1 aliphatic rings. The predicted molar refractivity (Wildman–Crippen MR) is 80.6 cm³/mol. The molecule has 0 aromatic carbocycles. The smallest absolute Gasteiger partial charge is 0.125 e. The molecule has 1 aliphatic carbocycles. The maximum Gasteiger partial charge on any atom is 0.125 e. The van der Waals surface area contributed by atoms with Crippen molar-refractivity contribution in [2.45, 2.75) is 18.8 Å². The lowest BCUT2D eigenvalue weighted by atomic mass is 10.1. The quantitative estimate of drug-likeness (QED) is 0.723. The van der Waals surface area contributed by atoms with E-state index in [1.54, 1.807) is 23.7 Å². The molecule has 0 unspecified atom stereocenters. The molecule has 0 radical (unpaired) electrons. The molecule has 1 fully saturated rings. The molecule has 98 valence electrons. The molecular weight excluding hydrogens is 266 g/mol. The van der Waals surface area contributed by atoms with Gasteiger partial charge >= 0.3 is 0 Å².